The van der Waals surface area contributed by atoms with Crippen molar-refractivity contribution in [2.45, 2.75) is 18.4 Å². The quantitative estimate of drug-likeness (QED) is 0.515. The van der Waals surface area contributed by atoms with Gasteiger partial charge in [0.1, 0.15) is 0 Å². The molecule has 1 aliphatic carbocycles. The van der Waals surface area contributed by atoms with Gasteiger partial charge in [0.25, 0.3) is 0 Å². The van der Waals surface area contributed by atoms with Gasteiger partial charge >= 0.3 is 0 Å². The van der Waals surface area contributed by atoms with Gasteiger partial charge in [-0.3, -0.25) is 0 Å². The number of halogens is 4. The molecule has 2 aromatic rings. The van der Waals surface area contributed by atoms with E-state index >= 15 is 0 Å². The van der Waals surface area contributed by atoms with Gasteiger partial charge in [-0.05, 0) is 36.1 Å². The fourth-order valence-corrected chi connectivity index (χ4v) is 4.76. The second-order valence-electron chi connectivity index (χ2n) is 5.97. The van der Waals surface area contributed by atoms with Gasteiger partial charge in [0.05, 0.1) is 16.1 Å². The van der Waals surface area contributed by atoms with Crippen molar-refractivity contribution in [3.8, 4) is 0 Å². The van der Waals surface area contributed by atoms with Crippen LogP contribution in [0.5, 0.6) is 0 Å². The molecule has 0 aromatic heterocycles. The number of hydrogen-bond donors (Lipinski definition) is 1. The first-order valence-electron chi connectivity index (χ1n) is 7.42. The van der Waals surface area contributed by atoms with E-state index in [2.05, 4.69) is 17.5 Å². The van der Waals surface area contributed by atoms with E-state index in [9.17, 15) is 0 Å². The van der Waals surface area contributed by atoms with Crippen molar-refractivity contribution in [2.75, 3.05) is 5.32 Å². The van der Waals surface area contributed by atoms with Gasteiger partial charge in [-0.15, -0.1) is 0 Å². The average molecular weight is 385 g/mol. The first kappa shape index (κ1) is 15.7. The van der Waals surface area contributed by atoms with E-state index < -0.39 is 0 Å². The zero-order chi connectivity index (χ0) is 16.1. The second-order valence-corrected chi connectivity index (χ2v) is 7.60. The van der Waals surface area contributed by atoms with Crippen LogP contribution in [-0.2, 0) is 0 Å². The molecule has 118 valence electrons. The molecule has 1 nitrogen and oxygen atoms in total. The van der Waals surface area contributed by atoms with Gasteiger partial charge in [-0.25, -0.2) is 0 Å². The van der Waals surface area contributed by atoms with E-state index in [1.54, 1.807) is 6.07 Å². The van der Waals surface area contributed by atoms with Crippen molar-refractivity contribution in [1.29, 1.82) is 0 Å². The molecule has 1 heterocycles. The summed E-state index contributed by atoms with van der Waals surface area (Å²) in [6.45, 7) is 0. The maximum Gasteiger partial charge on any atom is 0.0645 e. The molecular weight excluding hydrogens is 372 g/mol. The number of anilines is 1. The molecule has 2 aliphatic rings. The maximum atomic E-state index is 6.46. The Morgan fingerprint density at radius 1 is 1.00 bits per heavy atom. The Bertz CT molecular complexity index is 815. The van der Waals surface area contributed by atoms with Gasteiger partial charge < -0.3 is 5.32 Å². The Hall–Kier alpha value is -0.860. The van der Waals surface area contributed by atoms with Crippen LogP contribution in [0.15, 0.2) is 42.5 Å². The third kappa shape index (κ3) is 2.55. The van der Waals surface area contributed by atoms with Crippen molar-refractivity contribution >= 4 is 52.1 Å². The number of hydrogen-bond acceptors (Lipinski definition) is 1. The lowest BCUT2D eigenvalue weighted by atomic mass is 9.77. The van der Waals surface area contributed by atoms with E-state index in [0.29, 0.717) is 26.0 Å². The minimum absolute atomic E-state index is 0.0724. The number of fused-ring (bicyclic) bond motifs is 3. The summed E-state index contributed by atoms with van der Waals surface area (Å²) in [4.78, 5) is 0. The highest BCUT2D eigenvalue weighted by molar-refractivity contribution is 6.42. The van der Waals surface area contributed by atoms with Crippen molar-refractivity contribution in [3.63, 3.8) is 0 Å². The minimum Gasteiger partial charge on any atom is -0.378 e. The van der Waals surface area contributed by atoms with Gasteiger partial charge in [-0.1, -0.05) is 70.7 Å². The molecule has 3 atom stereocenters. The molecule has 0 radical (unpaired) electrons. The van der Waals surface area contributed by atoms with Crippen LogP contribution < -0.4 is 5.32 Å². The van der Waals surface area contributed by atoms with E-state index in [1.807, 2.05) is 24.3 Å². The largest absolute Gasteiger partial charge is 0.378 e. The Morgan fingerprint density at radius 2 is 1.83 bits per heavy atom. The second kappa shape index (κ2) is 5.89. The van der Waals surface area contributed by atoms with E-state index in [4.69, 9.17) is 46.4 Å². The lowest BCUT2D eigenvalue weighted by Gasteiger charge is -2.38. The van der Waals surface area contributed by atoms with E-state index in [0.717, 1.165) is 23.2 Å². The molecule has 23 heavy (non-hydrogen) atoms. The fourth-order valence-electron chi connectivity index (χ4n) is 3.71. The predicted molar refractivity (Wildman–Crippen MR) is 99.3 cm³/mol. The van der Waals surface area contributed by atoms with Crippen LogP contribution in [0.1, 0.15) is 29.5 Å². The summed E-state index contributed by atoms with van der Waals surface area (Å²) in [7, 11) is 0. The number of rotatable bonds is 1. The fraction of sp³-hybridized carbons (Fsp3) is 0.222. The molecule has 0 saturated heterocycles. The molecule has 3 unspecified atom stereocenters. The lowest BCUT2D eigenvalue weighted by Crippen LogP contribution is -2.29. The van der Waals surface area contributed by atoms with Crippen molar-refractivity contribution < 1.29 is 0 Å². The van der Waals surface area contributed by atoms with E-state index in [1.165, 1.54) is 0 Å². The smallest absolute Gasteiger partial charge is 0.0645 e. The monoisotopic (exact) mass is 383 g/mol. The molecule has 0 saturated carbocycles. The molecular formula is C18H13Cl4N. The standard InChI is InChI=1S/C18H13Cl4N/c19-9-7-14(21)16-10-3-1-4-11(10)18(23-15(16)8-9)12-5-2-6-13(20)17(12)22/h1-3,5-8,10-11,18,23H,4H2. The zero-order valence-corrected chi connectivity index (χ0v) is 15.0. The molecule has 0 amide bonds. The lowest BCUT2D eigenvalue weighted by molar-refractivity contribution is 0.426. The summed E-state index contributed by atoms with van der Waals surface area (Å²) in [5.41, 5.74) is 3.10. The van der Waals surface area contributed by atoms with Crippen molar-refractivity contribution in [2.24, 2.45) is 5.92 Å². The summed E-state index contributed by atoms with van der Waals surface area (Å²) in [5.74, 6) is 0.619. The van der Waals surface area contributed by atoms with Gasteiger partial charge in [-0.2, -0.15) is 0 Å². The van der Waals surface area contributed by atoms with Crippen molar-refractivity contribution in [1.82, 2.24) is 0 Å². The van der Waals surface area contributed by atoms with Crippen LogP contribution in [0.25, 0.3) is 0 Å². The SMILES string of the molecule is Clc1cc(Cl)c2c(c1)NC(c1cccc(Cl)c1Cl)C1CC=CC21. The summed E-state index contributed by atoms with van der Waals surface area (Å²) in [5, 5.41) is 6.09. The van der Waals surface area contributed by atoms with E-state index in [-0.39, 0.29) is 12.0 Å². The van der Waals surface area contributed by atoms with Gasteiger partial charge in [0.15, 0.2) is 0 Å². The molecule has 0 bridgehead atoms. The summed E-state index contributed by atoms with van der Waals surface area (Å²) < 4.78 is 0. The number of benzene rings is 2. The Morgan fingerprint density at radius 3 is 2.65 bits per heavy atom. The minimum atomic E-state index is 0.0724. The normalized spacial score (nSPS) is 25.0. The molecule has 4 rings (SSSR count). The van der Waals surface area contributed by atoms with Crippen LogP contribution >= 0.6 is 46.4 Å². The van der Waals surface area contributed by atoms with Crippen LogP contribution in [-0.4, -0.2) is 0 Å². The first-order valence-corrected chi connectivity index (χ1v) is 8.93. The molecule has 0 fully saturated rings. The zero-order valence-electron chi connectivity index (χ0n) is 12.0. The third-order valence-electron chi connectivity index (χ3n) is 4.70. The topological polar surface area (TPSA) is 12.0 Å². The van der Waals surface area contributed by atoms with Crippen molar-refractivity contribution in [3.05, 3.63) is 73.7 Å². The third-order valence-corrected chi connectivity index (χ3v) is 6.06. The molecule has 0 spiro atoms. The number of allylic oxidation sites excluding steroid dienone is 2. The highest BCUT2D eigenvalue weighted by atomic mass is 35.5. The molecule has 1 aliphatic heterocycles. The van der Waals surface area contributed by atoms with Crippen LogP contribution in [0, 0.1) is 5.92 Å². The molecule has 2 aromatic carbocycles. The summed E-state index contributed by atoms with van der Waals surface area (Å²) in [6.07, 6.45) is 5.42. The number of nitrogens with one attached hydrogen (secondary N) is 1. The van der Waals surface area contributed by atoms with Gasteiger partial charge in [0.2, 0.25) is 0 Å². The summed E-state index contributed by atoms with van der Waals surface area (Å²) >= 11 is 25.3. The average Bonchev–Trinajstić information content (AvgIpc) is 2.98. The van der Waals surface area contributed by atoms with Crippen LogP contribution in [0.2, 0.25) is 20.1 Å². The Labute approximate surface area is 155 Å². The molecule has 5 heteroatoms. The van der Waals surface area contributed by atoms with Crippen LogP contribution in [0.4, 0.5) is 5.69 Å². The maximum absolute atomic E-state index is 6.46. The molecule has 1 N–H and O–H groups in total. The van der Waals surface area contributed by atoms with Gasteiger partial charge in [0, 0.05) is 27.2 Å². The Kier molecular flexibility index (Phi) is 4.01. The Balaban J connectivity index is 1.86. The van der Waals surface area contributed by atoms with Crippen LogP contribution in [0.3, 0.4) is 0 Å². The first-order chi connectivity index (χ1) is 11.1. The highest BCUT2D eigenvalue weighted by Crippen LogP contribution is 2.53. The summed E-state index contributed by atoms with van der Waals surface area (Å²) in [6, 6.07) is 9.57. The predicted octanol–water partition coefficient (Wildman–Crippen LogP) is 7.13. The highest BCUT2D eigenvalue weighted by Gasteiger charge is 2.40.